The second kappa shape index (κ2) is 9.07. The summed E-state index contributed by atoms with van der Waals surface area (Å²) in [6.45, 7) is 15.5. The summed E-state index contributed by atoms with van der Waals surface area (Å²) in [5, 5.41) is 11.3. The molecule has 0 unspecified atom stereocenters. The molecule has 0 N–H and O–H groups in total. The average Bonchev–Trinajstić information content (AvgIpc) is 3.08. The summed E-state index contributed by atoms with van der Waals surface area (Å²) in [6, 6.07) is 6.19. The second-order valence-electron chi connectivity index (χ2n) is 8.73. The summed E-state index contributed by atoms with van der Waals surface area (Å²) in [6.07, 6.45) is 1.41. The Balaban J connectivity index is 2.20. The molecule has 0 atom stereocenters. The standard InChI is InChI=1S/C23H27Cl2N3OSSi/c1-12(2)31(13(3)4,14(5)6)29-17-9-8-16(15(7)21(17)24)19-18(10-26)30-23-20(19)22(25)27-11-28-23/h8-9,11-14H,1-7H3. The molecule has 0 amide bonds. The minimum Gasteiger partial charge on any atom is -0.542 e. The van der Waals surface area contributed by atoms with Crippen molar-refractivity contribution in [3.05, 3.63) is 39.1 Å². The fourth-order valence-corrected chi connectivity index (χ4v) is 11.6. The van der Waals surface area contributed by atoms with Gasteiger partial charge >= 0.3 is 0 Å². The van der Waals surface area contributed by atoms with Crippen molar-refractivity contribution < 1.29 is 4.43 Å². The Labute approximate surface area is 199 Å². The highest BCUT2D eigenvalue weighted by atomic mass is 35.5. The van der Waals surface area contributed by atoms with Crippen LogP contribution in [-0.4, -0.2) is 18.3 Å². The number of rotatable bonds is 6. The fraction of sp³-hybridized carbons (Fsp3) is 0.435. The number of halogens is 2. The van der Waals surface area contributed by atoms with E-state index in [0.29, 0.717) is 47.6 Å². The Morgan fingerprint density at radius 2 is 1.65 bits per heavy atom. The van der Waals surface area contributed by atoms with Crippen molar-refractivity contribution in [1.29, 1.82) is 5.26 Å². The molecule has 3 aromatic rings. The van der Waals surface area contributed by atoms with Gasteiger partial charge in [-0.15, -0.1) is 11.3 Å². The first-order chi connectivity index (χ1) is 14.6. The minimum atomic E-state index is -2.15. The van der Waals surface area contributed by atoms with Gasteiger partial charge in [-0.2, -0.15) is 5.26 Å². The van der Waals surface area contributed by atoms with Crippen LogP contribution < -0.4 is 4.43 Å². The number of hydrogen-bond donors (Lipinski definition) is 0. The summed E-state index contributed by atoms with van der Waals surface area (Å²) in [5.41, 5.74) is 3.75. The molecular formula is C23H27Cl2N3OSSi. The number of aromatic nitrogens is 2. The van der Waals surface area contributed by atoms with Crippen molar-refractivity contribution in [3.8, 4) is 22.9 Å². The molecule has 31 heavy (non-hydrogen) atoms. The SMILES string of the molecule is Cc1c(-c2c(C#N)sc3ncnc(Cl)c23)ccc(O[Si](C(C)C)(C(C)C)C(C)C)c1Cl. The lowest BCUT2D eigenvalue weighted by atomic mass is 9.98. The Hall–Kier alpha value is -1.65. The zero-order chi connectivity index (χ0) is 23.1. The van der Waals surface area contributed by atoms with Crippen LogP contribution in [0.3, 0.4) is 0 Å². The minimum absolute atomic E-state index is 0.333. The number of benzene rings is 1. The lowest BCUT2D eigenvalue weighted by molar-refractivity contribution is 0.480. The topological polar surface area (TPSA) is 58.8 Å². The van der Waals surface area contributed by atoms with Crippen LogP contribution in [0.5, 0.6) is 5.75 Å². The smallest absolute Gasteiger partial charge is 0.258 e. The highest BCUT2D eigenvalue weighted by Gasteiger charge is 2.47. The van der Waals surface area contributed by atoms with Crippen LogP contribution in [0.15, 0.2) is 18.5 Å². The molecule has 4 nitrogen and oxygen atoms in total. The van der Waals surface area contributed by atoms with Gasteiger partial charge in [0.1, 0.15) is 33.0 Å². The summed E-state index contributed by atoms with van der Waals surface area (Å²) >= 11 is 14.6. The first-order valence-corrected chi connectivity index (χ1v) is 14.1. The maximum atomic E-state index is 9.74. The van der Waals surface area contributed by atoms with Crippen LogP contribution in [0.1, 0.15) is 52.0 Å². The molecule has 1 aromatic carbocycles. The van der Waals surface area contributed by atoms with Crippen LogP contribution in [0.4, 0.5) is 0 Å². The third-order valence-electron chi connectivity index (χ3n) is 6.16. The van der Waals surface area contributed by atoms with Gasteiger partial charge in [0.15, 0.2) is 0 Å². The van der Waals surface area contributed by atoms with Gasteiger partial charge in [-0.05, 0) is 40.7 Å². The molecule has 0 radical (unpaired) electrons. The number of nitriles is 1. The van der Waals surface area contributed by atoms with E-state index in [1.807, 2.05) is 19.1 Å². The number of nitrogens with zero attached hydrogens (tertiary/aromatic N) is 3. The number of hydrogen-bond acceptors (Lipinski definition) is 5. The quantitative estimate of drug-likeness (QED) is 0.256. The van der Waals surface area contributed by atoms with Crippen molar-refractivity contribution in [2.24, 2.45) is 0 Å². The predicted molar refractivity (Wildman–Crippen MR) is 134 cm³/mol. The van der Waals surface area contributed by atoms with Crippen LogP contribution >= 0.6 is 34.5 Å². The zero-order valence-corrected chi connectivity index (χ0v) is 22.2. The van der Waals surface area contributed by atoms with Crippen molar-refractivity contribution in [2.75, 3.05) is 0 Å². The van der Waals surface area contributed by atoms with Crippen molar-refractivity contribution in [1.82, 2.24) is 9.97 Å². The molecule has 0 aliphatic rings. The van der Waals surface area contributed by atoms with E-state index < -0.39 is 8.32 Å². The van der Waals surface area contributed by atoms with Gasteiger partial charge in [0, 0.05) is 5.56 Å². The molecule has 0 aliphatic heterocycles. The molecular weight excluding hydrogens is 465 g/mol. The molecule has 2 aromatic heterocycles. The largest absolute Gasteiger partial charge is 0.542 e. The first-order valence-electron chi connectivity index (χ1n) is 10.4. The molecule has 0 saturated heterocycles. The molecule has 164 valence electrons. The van der Waals surface area contributed by atoms with E-state index in [4.69, 9.17) is 27.6 Å². The van der Waals surface area contributed by atoms with Gasteiger partial charge in [0.25, 0.3) is 8.32 Å². The van der Waals surface area contributed by atoms with Crippen molar-refractivity contribution in [2.45, 2.75) is 65.1 Å². The van der Waals surface area contributed by atoms with E-state index in [1.165, 1.54) is 17.7 Å². The van der Waals surface area contributed by atoms with E-state index in [1.54, 1.807) is 0 Å². The normalized spacial score (nSPS) is 12.2. The second-order valence-corrected chi connectivity index (χ2v) is 15.8. The third kappa shape index (κ3) is 3.98. The van der Waals surface area contributed by atoms with Crippen LogP contribution in [0.25, 0.3) is 21.3 Å². The summed E-state index contributed by atoms with van der Waals surface area (Å²) in [7, 11) is -2.15. The van der Waals surface area contributed by atoms with E-state index >= 15 is 0 Å². The predicted octanol–water partition coefficient (Wildman–Crippen LogP) is 8.40. The summed E-state index contributed by atoms with van der Waals surface area (Å²) < 4.78 is 6.83. The molecule has 0 bridgehead atoms. The van der Waals surface area contributed by atoms with Crippen LogP contribution in [-0.2, 0) is 0 Å². The molecule has 0 aliphatic carbocycles. The van der Waals surface area contributed by atoms with Crippen molar-refractivity contribution in [3.63, 3.8) is 0 Å². The van der Waals surface area contributed by atoms with Gasteiger partial charge < -0.3 is 4.43 Å². The lowest BCUT2D eigenvalue weighted by Crippen LogP contribution is -2.50. The monoisotopic (exact) mass is 491 g/mol. The van der Waals surface area contributed by atoms with E-state index in [0.717, 1.165) is 16.7 Å². The number of fused-ring (bicyclic) bond motifs is 1. The maximum absolute atomic E-state index is 9.74. The van der Waals surface area contributed by atoms with Gasteiger partial charge in [-0.3, -0.25) is 0 Å². The van der Waals surface area contributed by atoms with Crippen LogP contribution in [0.2, 0.25) is 26.8 Å². The van der Waals surface area contributed by atoms with Crippen molar-refractivity contribution >= 4 is 53.1 Å². The van der Waals surface area contributed by atoms with E-state index in [2.05, 4.69) is 57.6 Å². The Morgan fingerprint density at radius 3 is 2.19 bits per heavy atom. The number of thiophene rings is 1. The van der Waals surface area contributed by atoms with Gasteiger partial charge in [-0.1, -0.05) is 70.8 Å². The van der Waals surface area contributed by atoms with Crippen LogP contribution in [0, 0.1) is 18.3 Å². The molecule has 3 rings (SSSR count). The Kier molecular flexibility index (Phi) is 7.02. The molecule has 8 heteroatoms. The van der Waals surface area contributed by atoms with E-state index in [-0.39, 0.29) is 0 Å². The highest BCUT2D eigenvalue weighted by Crippen LogP contribution is 2.47. The molecule has 0 fully saturated rings. The third-order valence-corrected chi connectivity index (χ3v) is 13.9. The fourth-order valence-electron chi connectivity index (χ4n) is 4.79. The maximum Gasteiger partial charge on any atom is 0.258 e. The molecule has 0 spiro atoms. The highest BCUT2D eigenvalue weighted by molar-refractivity contribution is 7.19. The van der Waals surface area contributed by atoms with Gasteiger partial charge in [0.05, 0.1) is 10.4 Å². The first kappa shape index (κ1) is 24.0. The zero-order valence-electron chi connectivity index (χ0n) is 18.9. The Bertz CT molecular complexity index is 1150. The average molecular weight is 493 g/mol. The molecule has 2 heterocycles. The van der Waals surface area contributed by atoms with Gasteiger partial charge in [-0.25, -0.2) is 9.97 Å². The summed E-state index contributed by atoms with van der Waals surface area (Å²) in [5.74, 6) is 0.714. The Morgan fingerprint density at radius 1 is 1.03 bits per heavy atom. The van der Waals surface area contributed by atoms with Gasteiger partial charge in [0.2, 0.25) is 0 Å². The lowest BCUT2D eigenvalue weighted by Gasteiger charge is -2.42. The van der Waals surface area contributed by atoms with E-state index in [9.17, 15) is 5.26 Å². The summed E-state index contributed by atoms with van der Waals surface area (Å²) in [4.78, 5) is 9.64. The molecule has 0 saturated carbocycles.